The minimum Gasteiger partial charge on any atom is -0.406 e. The van der Waals surface area contributed by atoms with Crippen molar-refractivity contribution in [3.05, 3.63) is 23.8 Å². The summed E-state index contributed by atoms with van der Waals surface area (Å²) in [7, 11) is -0.747. The van der Waals surface area contributed by atoms with Crippen molar-refractivity contribution < 1.29 is 27.2 Å². The first-order valence-corrected chi connectivity index (χ1v) is 7.06. The van der Waals surface area contributed by atoms with E-state index in [9.17, 15) is 13.2 Å². The highest BCUT2D eigenvalue weighted by Crippen LogP contribution is 2.37. The lowest BCUT2D eigenvalue weighted by Gasteiger charge is -2.32. The van der Waals surface area contributed by atoms with Crippen molar-refractivity contribution in [2.45, 2.75) is 51.7 Å². The number of halogens is 3. The van der Waals surface area contributed by atoms with E-state index in [4.69, 9.17) is 14.6 Å². The highest BCUT2D eigenvalue weighted by molar-refractivity contribution is 6.62. The number of benzene rings is 1. The van der Waals surface area contributed by atoms with E-state index in [2.05, 4.69) is 4.74 Å². The van der Waals surface area contributed by atoms with Crippen LogP contribution in [0.1, 0.15) is 33.3 Å². The van der Waals surface area contributed by atoms with Crippen molar-refractivity contribution in [1.82, 2.24) is 0 Å². The molecule has 0 saturated carbocycles. The van der Waals surface area contributed by atoms with Crippen LogP contribution in [0.5, 0.6) is 5.75 Å². The molecule has 2 rings (SSSR count). The van der Waals surface area contributed by atoms with Crippen LogP contribution in [0, 0.1) is 11.3 Å². The molecule has 1 saturated heterocycles. The Labute approximate surface area is 133 Å². The number of nitrogens with zero attached hydrogens (tertiary/aromatic N) is 1. The van der Waals surface area contributed by atoms with Gasteiger partial charge in [-0.25, -0.2) is 0 Å². The summed E-state index contributed by atoms with van der Waals surface area (Å²) in [4.78, 5) is 0. The molecule has 0 N–H and O–H groups in total. The second-order valence-electron chi connectivity index (χ2n) is 6.33. The summed E-state index contributed by atoms with van der Waals surface area (Å²) in [5.74, 6) is -0.372. The fraction of sp³-hybridized carbons (Fsp3) is 0.533. The summed E-state index contributed by atoms with van der Waals surface area (Å²) in [6.45, 7) is 7.49. The van der Waals surface area contributed by atoms with E-state index >= 15 is 0 Å². The summed E-state index contributed by atoms with van der Waals surface area (Å²) >= 11 is 0. The molecule has 23 heavy (non-hydrogen) atoms. The van der Waals surface area contributed by atoms with Crippen LogP contribution >= 0.6 is 0 Å². The summed E-state index contributed by atoms with van der Waals surface area (Å²) in [5, 5.41) is 8.92. The lowest BCUT2D eigenvalue weighted by molar-refractivity contribution is -0.274. The quantitative estimate of drug-likeness (QED) is 0.801. The number of hydrogen-bond acceptors (Lipinski definition) is 4. The molecule has 0 unspecified atom stereocenters. The van der Waals surface area contributed by atoms with E-state index in [1.54, 1.807) is 0 Å². The van der Waals surface area contributed by atoms with E-state index in [0.717, 1.165) is 0 Å². The van der Waals surface area contributed by atoms with Gasteiger partial charge >= 0.3 is 13.5 Å². The zero-order chi connectivity index (χ0) is 17.5. The van der Waals surface area contributed by atoms with Crippen molar-refractivity contribution >= 4 is 12.6 Å². The third-order valence-electron chi connectivity index (χ3n) is 4.12. The molecule has 0 bridgehead atoms. The van der Waals surface area contributed by atoms with Crippen LogP contribution < -0.4 is 10.2 Å². The molecule has 1 aromatic rings. The monoisotopic (exact) mass is 327 g/mol. The Kier molecular flexibility index (Phi) is 4.39. The van der Waals surface area contributed by atoms with Crippen LogP contribution in [-0.2, 0) is 15.7 Å². The first-order valence-electron chi connectivity index (χ1n) is 7.06. The molecule has 1 fully saturated rings. The van der Waals surface area contributed by atoms with Crippen LogP contribution in [0.4, 0.5) is 13.2 Å². The van der Waals surface area contributed by atoms with E-state index in [1.807, 2.05) is 33.8 Å². The first kappa shape index (κ1) is 17.6. The number of ether oxygens (including phenoxy) is 1. The van der Waals surface area contributed by atoms with Crippen LogP contribution in [-0.4, -0.2) is 24.7 Å². The first-order chi connectivity index (χ1) is 10.5. The molecule has 0 aliphatic carbocycles. The molecular weight excluding hydrogens is 310 g/mol. The Morgan fingerprint density at radius 1 is 1.17 bits per heavy atom. The molecule has 1 heterocycles. The van der Waals surface area contributed by atoms with E-state index in [0.29, 0.717) is 11.0 Å². The minimum atomic E-state index is -4.78. The Balaban J connectivity index is 2.35. The zero-order valence-corrected chi connectivity index (χ0v) is 13.3. The van der Waals surface area contributed by atoms with Gasteiger partial charge in [0.1, 0.15) is 5.75 Å². The zero-order valence-electron chi connectivity index (χ0n) is 13.3. The van der Waals surface area contributed by atoms with E-state index in [-0.39, 0.29) is 12.2 Å². The number of nitriles is 1. The average molecular weight is 327 g/mol. The van der Waals surface area contributed by atoms with Gasteiger partial charge < -0.3 is 14.0 Å². The SMILES string of the molecule is CC1(C)OB(c2ccc(OC(F)(F)F)cc2CC#N)OC1(C)C. The largest absolute Gasteiger partial charge is 0.573 e. The highest BCUT2D eigenvalue weighted by atomic mass is 19.4. The van der Waals surface area contributed by atoms with Crippen LogP contribution in [0.25, 0.3) is 0 Å². The lowest BCUT2D eigenvalue weighted by atomic mass is 9.75. The van der Waals surface area contributed by atoms with Crippen molar-refractivity contribution in [1.29, 1.82) is 5.26 Å². The smallest absolute Gasteiger partial charge is 0.406 e. The van der Waals surface area contributed by atoms with Crippen LogP contribution in [0.2, 0.25) is 0 Å². The number of hydrogen-bond donors (Lipinski definition) is 0. The summed E-state index contributed by atoms with van der Waals surface area (Å²) in [5.41, 5.74) is -0.252. The predicted molar refractivity (Wildman–Crippen MR) is 78.2 cm³/mol. The molecule has 0 radical (unpaired) electrons. The lowest BCUT2D eigenvalue weighted by Crippen LogP contribution is -2.41. The van der Waals surface area contributed by atoms with Gasteiger partial charge in [0.05, 0.1) is 23.7 Å². The summed E-state index contributed by atoms with van der Waals surface area (Å²) in [6.07, 6.45) is -4.86. The molecule has 0 aromatic heterocycles. The molecule has 8 heteroatoms. The summed E-state index contributed by atoms with van der Waals surface area (Å²) in [6, 6.07) is 5.75. The Morgan fingerprint density at radius 2 is 1.74 bits per heavy atom. The highest BCUT2D eigenvalue weighted by Gasteiger charge is 2.52. The average Bonchev–Trinajstić information content (AvgIpc) is 2.56. The molecule has 0 spiro atoms. The van der Waals surface area contributed by atoms with Gasteiger partial charge in [-0.05, 0) is 50.9 Å². The minimum absolute atomic E-state index is 0.0749. The van der Waals surface area contributed by atoms with Crippen molar-refractivity contribution in [3.63, 3.8) is 0 Å². The molecular formula is C15H17BF3NO3. The summed E-state index contributed by atoms with van der Waals surface area (Å²) < 4.78 is 52.6. The number of rotatable bonds is 3. The van der Waals surface area contributed by atoms with Gasteiger partial charge in [0.25, 0.3) is 0 Å². The maximum absolute atomic E-state index is 12.3. The molecule has 124 valence electrons. The van der Waals surface area contributed by atoms with Gasteiger partial charge in [-0.1, -0.05) is 6.07 Å². The van der Waals surface area contributed by atoms with Gasteiger partial charge in [-0.2, -0.15) is 5.26 Å². The Morgan fingerprint density at radius 3 is 2.22 bits per heavy atom. The standard InChI is InChI=1S/C15H17BF3NO3/c1-13(2)14(3,4)23-16(22-13)12-6-5-11(21-15(17,18)19)9-10(12)7-8-20/h5-6,9H,7H2,1-4H3. The Hall–Kier alpha value is -1.72. The molecule has 1 aliphatic rings. The second-order valence-corrected chi connectivity index (χ2v) is 6.33. The van der Waals surface area contributed by atoms with Crippen LogP contribution in [0.15, 0.2) is 18.2 Å². The molecule has 1 aliphatic heterocycles. The van der Waals surface area contributed by atoms with Gasteiger partial charge in [0.15, 0.2) is 0 Å². The molecule has 0 amide bonds. The van der Waals surface area contributed by atoms with Gasteiger partial charge in [0.2, 0.25) is 0 Å². The van der Waals surface area contributed by atoms with E-state index in [1.165, 1.54) is 18.2 Å². The topological polar surface area (TPSA) is 51.5 Å². The molecule has 4 nitrogen and oxygen atoms in total. The predicted octanol–water partition coefficient (Wildman–Crippen LogP) is 2.95. The fourth-order valence-corrected chi connectivity index (χ4v) is 2.22. The van der Waals surface area contributed by atoms with Crippen molar-refractivity contribution in [2.75, 3.05) is 0 Å². The van der Waals surface area contributed by atoms with Gasteiger partial charge in [-0.3, -0.25) is 0 Å². The number of alkyl halides is 3. The van der Waals surface area contributed by atoms with Crippen molar-refractivity contribution in [3.8, 4) is 11.8 Å². The van der Waals surface area contributed by atoms with Crippen molar-refractivity contribution in [2.24, 2.45) is 0 Å². The van der Waals surface area contributed by atoms with Gasteiger partial charge in [-0.15, -0.1) is 13.2 Å². The fourth-order valence-electron chi connectivity index (χ4n) is 2.22. The second kappa shape index (κ2) is 5.73. The maximum atomic E-state index is 12.3. The third kappa shape index (κ3) is 3.79. The maximum Gasteiger partial charge on any atom is 0.573 e. The molecule has 1 aromatic carbocycles. The van der Waals surface area contributed by atoms with Crippen LogP contribution in [0.3, 0.4) is 0 Å². The third-order valence-corrected chi connectivity index (χ3v) is 4.12. The van der Waals surface area contributed by atoms with E-state index < -0.39 is 24.7 Å². The van der Waals surface area contributed by atoms with Gasteiger partial charge in [0, 0.05) is 0 Å². The Bertz CT molecular complexity index is 622. The molecule has 0 atom stereocenters. The normalized spacial score (nSPS) is 19.5.